The molecule has 1 aromatic heterocycles. The first-order valence-corrected chi connectivity index (χ1v) is 6.53. The topological polar surface area (TPSA) is 20.2 Å². The molecule has 0 aliphatic carbocycles. The molecule has 0 saturated heterocycles. The van der Waals surface area contributed by atoms with Crippen LogP contribution in [0.3, 0.4) is 0 Å². The number of rotatable bonds is 2. The van der Waals surface area contributed by atoms with E-state index in [0.29, 0.717) is 0 Å². The molecule has 2 rings (SSSR count). The SMILES string of the molecule is CSc1c(CO)cc2ccsc2c1C. The van der Waals surface area contributed by atoms with Crippen LogP contribution in [-0.2, 0) is 6.61 Å². The summed E-state index contributed by atoms with van der Waals surface area (Å²) in [7, 11) is 0. The van der Waals surface area contributed by atoms with Gasteiger partial charge >= 0.3 is 0 Å². The summed E-state index contributed by atoms with van der Waals surface area (Å²) in [6.07, 6.45) is 2.06. The van der Waals surface area contributed by atoms with Crippen molar-refractivity contribution in [1.82, 2.24) is 0 Å². The minimum atomic E-state index is 0.128. The molecule has 14 heavy (non-hydrogen) atoms. The number of aliphatic hydroxyl groups is 1. The van der Waals surface area contributed by atoms with Crippen LogP contribution in [0.4, 0.5) is 0 Å². The molecule has 0 aliphatic heterocycles. The van der Waals surface area contributed by atoms with Crippen LogP contribution in [0.25, 0.3) is 10.1 Å². The molecule has 2 aromatic rings. The molecule has 1 aromatic carbocycles. The number of aryl methyl sites for hydroxylation is 1. The van der Waals surface area contributed by atoms with Crippen LogP contribution in [0, 0.1) is 6.92 Å². The van der Waals surface area contributed by atoms with Gasteiger partial charge in [0.2, 0.25) is 0 Å². The normalized spacial score (nSPS) is 11.1. The third-order valence-corrected chi connectivity index (χ3v) is 4.40. The van der Waals surface area contributed by atoms with Gasteiger partial charge in [-0.25, -0.2) is 0 Å². The van der Waals surface area contributed by atoms with Gasteiger partial charge in [-0.2, -0.15) is 0 Å². The van der Waals surface area contributed by atoms with Gasteiger partial charge in [0, 0.05) is 9.60 Å². The Morgan fingerprint density at radius 1 is 1.50 bits per heavy atom. The molecule has 0 atom stereocenters. The van der Waals surface area contributed by atoms with Crippen LogP contribution in [0.15, 0.2) is 22.4 Å². The van der Waals surface area contributed by atoms with E-state index in [1.165, 1.54) is 20.5 Å². The maximum Gasteiger partial charge on any atom is 0.0693 e. The Hall–Kier alpha value is -0.510. The Labute approximate surface area is 91.8 Å². The minimum Gasteiger partial charge on any atom is -0.392 e. The highest BCUT2D eigenvalue weighted by Gasteiger charge is 2.09. The van der Waals surface area contributed by atoms with Crippen molar-refractivity contribution >= 4 is 33.2 Å². The lowest BCUT2D eigenvalue weighted by Crippen LogP contribution is -1.90. The number of benzene rings is 1. The van der Waals surface area contributed by atoms with E-state index < -0.39 is 0 Å². The van der Waals surface area contributed by atoms with Gasteiger partial charge in [0.05, 0.1) is 6.61 Å². The quantitative estimate of drug-likeness (QED) is 0.789. The molecule has 0 amide bonds. The van der Waals surface area contributed by atoms with Crippen LogP contribution < -0.4 is 0 Å². The number of hydrogen-bond donors (Lipinski definition) is 1. The highest BCUT2D eigenvalue weighted by Crippen LogP contribution is 2.34. The molecule has 0 radical (unpaired) electrons. The summed E-state index contributed by atoms with van der Waals surface area (Å²) < 4.78 is 1.34. The maximum atomic E-state index is 9.26. The molecule has 0 fully saturated rings. The Morgan fingerprint density at radius 3 is 2.93 bits per heavy atom. The van der Waals surface area contributed by atoms with Crippen LogP contribution in [0.2, 0.25) is 0 Å². The van der Waals surface area contributed by atoms with E-state index >= 15 is 0 Å². The van der Waals surface area contributed by atoms with Crippen molar-refractivity contribution in [3.8, 4) is 0 Å². The second kappa shape index (κ2) is 3.93. The van der Waals surface area contributed by atoms with Gasteiger partial charge in [-0.1, -0.05) is 0 Å². The maximum absolute atomic E-state index is 9.26. The first-order chi connectivity index (χ1) is 6.77. The molecule has 1 N–H and O–H groups in total. The molecule has 0 aliphatic rings. The van der Waals surface area contributed by atoms with Gasteiger partial charge in [0.15, 0.2) is 0 Å². The van der Waals surface area contributed by atoms with Crippen molar-refractivity contribution in [2.45, 2.75) is 18.4 Å². The van der Waals surface area contributed by atoms with E-state index in [1.54, 1.807) is 23.1 Å². The fourth-order valence-corrected chi connectivity index (χ4v) is 3.49. The first-order valence-electron chi connectivity index (χ1n) is 4.42. The summed E-state index contributed by atoms with van der Waals surface area (Å²) in [5, 5.41) is 12.6. The van der Waals surface area contributed by atoms with Gasteiger partial charge in [-0.05, 0) is 47.2 Å². The van der Waals surface area contributed by atoms with E-state index in [4.69, 9.17) is 0 Å². The second-order valence-electron chi connectivity index (χ2n) is 3.19. The Bertz CT molecular complexity index is 460. The van der Waals surface area contributed by atoms with E-state index in [9.17, 15) is 5.11 Å². The molecule has 0 bridgehead atoms. The smallest absolute Gasteiger partial charge is 0.0693 e. The van der Waals surface area contributed by atoms with Gasteiger partial charge < -0.3 is 5.11 Å². The molecule has 1 nitrogen and oxygen atoms in total. The molecule has 1 heterocycles. The number of fused-ring (bicyclic) bond motifs is 1. The predicted octanol–water partition coefficient (Wildman–Crippen LogP) is 3.42. The van der Waals surface area contributed by atoms with Crippen molar-refractivity contribution in [3.63, 3.8) is 0 Å². The number of thioether (sulfide) groups is 1. The number of hydrogen-bond acceptors (Lipinski definition) is 3. The third-order valence-electron chi connectivity index (χ3n) is 2.37. The molecular weight excluding hydrogens is 212 g/mol. The van der Waals surface area contributed by atoms with Crippen molar-refractivity contribution in [2.24, 2.45) is 0 Å². The monoisotopic (exact) mass is 224 g/mol. The summed E-state index contributed by atoms with van der Waals surface area (Å²) in [5.41, 5.74) is 2.34. The first kappa shape index (κ1) is 10.0. The summed E-state index contributed by atoms with van der Waals surface area (Å²) in [5.74, 6) is 0. The average molecular weight is 224 g/mol. The molecule has 0 spiro atoms. The van der Waals surface area contributed by atoms with Gasteiger partial charge in [-0.15, -0.1) is 23.1 Å². The largest absolute Gasteiger partial charge is 0.392 e. The summed E-state index contributed by atoms with van der Waals surface area (Å²) >= 11 is 3.48. The standard InChI is InChI=1S/C11H12OS2/c1-7-10(13-2)9(6-12)5-8-3-4-14-11(7)8/h3-5,12H,6H2,1-2H3. The van der Waals surface area contributed by atoms with Gasteiger partial charge in [0.1, 0.15) is 0 Å². The lowest BCUT2D eigenvalue weighted by Gasteiger charge is -2.09. The van der Waals surface area contributed by atoms with Crippen LogP contribution in [0.1, 0.15) is 11.1 Å². The fraction of sp³-hybridized carbons (Fsp3) is 0.273. The highest BCUT2D eigenvalue weighted by molar-refractivity contribution is 7.98. The Balaban J connectivity index is 2.79. The van der Waals surface area contributed by atoms with Gasteiger partial charge in [-0.3, -0.25) is 0 Å². The fourth-order valence-electron chi connectivity index (χ4n) is 1.74. The number of aliphatic hydroxyl groups excluding tert-OH is 1. The average Bonchev–Trinajstić information content (AvgIpc) is 2.65. The van der Waals surface area contributed by atoms with E-state index in [-0.39, 0.29) is 6.61 Å². The predicted molar refractivity (Wildman–Crippen MR) is 64.3 cm³/mol. The Morgan fingerprint density at radius 2 is 2.29 bits per heavy atom. The minimum absolute atomic E-state index is 0.128. The number of thiophene rings is 1. The van der Waals surface area contributed by atoms with E-state index in [1.807, 2.05) is 0 Å². The van der Waals surface area contributed by atoms with Gasteiger partial charge in [0.25, 0.3) is 0 Å². The van der Waals surface area contributed by atoms with Crippen LogP contribution in [-0.4, -0.2) is 11.4 Å². The second-order valence-corrected chi connectivity index (χ2v) is 4.92. The van der Waals surface area contributed by atoms with Crippen molar-refractivity contribution < 1.29 is 5.11 Å². The summed E-state index contributed by atoms with van der Waals surface area (Å²) in [6.45, 7) is 2.26. The summed E-state index contributed by atoms with van der Waals surface area (Å²) in [6, 6.07) is 4.20. The molecule has 3 heteroatoms. The molecular formula is C11H12OS2. The van der Waals surface area contributed by atoms with E-state index in [2.05, 4.69) is 30.7 Å². The Kier molecular flexibility index (Phi) is 2.81. The molecule has 74 valence electrons. The van der Waals surface area contributed by atoms with Crippen LogP contribution in [0.5, 0.6) is 0 Å². The van der Waals surface area contributed by atoms with E-state index in [0.717, 1.165) is 5.56 Å². The lowest BCUT2D eigenvalue weighted by molar-refractivity contribution is 0.279. The van der Waals surface area contributed by atoms with Crippen LogP contribution >= 0.6 is 23.1 Å². The lowest BCUT2D eigenvalue weighted by atomic mass is 10.1. The molecule has 0 saturated carbocycles. The zero-order chi connectivity index (χ0) is 10.1. The highest BCUT2D eigenvalue weighted by atomic mass is 32.2. The zero-order valence-electron chi connectivity index (χ0n) is 8.20. The van der Waals surface area contributed by atoms with Crippen molar-refractivity contribution in [3.05, 3.63) is 28.6 Å². The summed E-state index contributed by atoms with van der Waals surface area (Å²) in [4.78, 5) is 1.22. The third kappa shape index (κ3) is 1.45. The zero-order valence-corrected chi connectivity index (χ0v) is 9.84. The molecule has 0 unspecified atom stereocenters. The van der Waals surface area contributed by atoms with Crippen molar-refractivity contribution in [2.75, 3.05) is 6.26 Å². The van der Waals surface area contributed by atoms with Crippen molar-refractivity contribution in [1.29, 1.82) is 0 Å².